The zero-order valence-corrected chi connectivity index (χ0v) is 10.6. The van der Waals surface area contributed by atoms with Gasteiger partial charge in [0.05, 0.1) is 6.61 Å². The standard InChI is InChI=1S/C12H20N2O4/c1-8-3-2-5-14(10(8)12(16)17)11(15)9-7-13-4-6-18-9/h8-10,13H,2-7H2,1H3,(H,16,17). The third kappa shape index (κ3) is 2.64. The first-order chi connectivity index (χ1) is 8.61. The van der Waals surface area contributed by atoms with Gasteiger partial charge in [0, 0.05) is 19.6 Å². The van der Waals surface area contributed by atoms with E-state index in [0.717, 1.165) is 19.4 Å². The molecule has 0 aromatic heterocycles. The first kappa shape index (κ1) is 13.3. The molecule has 0 radical (unpaired) electrons. The Bertz CT molecular complexity index is 328. The number of ether oxygens (including phenoxy) is 1. The minimum atomic E-state index is -0.917. The summed E-state index contributed by atoms with van der Waals surface area (Å²) in [6.07, 6.45) is 1.17. The summed E-state index contributed by atoms with van der Waals surface area (Å²) in [5, 5.41) is 12.4. The highest BCUT2D eigenvalue weighted by atomic mass is 16.5. The van der Waals surface area contributed by atoms with Crippen molar-refractivity contribution >= 4 is 11.9 Å². The van der Waals surface area contributed by atoms with Gasteiger partial charge in [-0.05, 0) is 18.8 Å². The summed E-state index contributed by atoms with van der Waals surface area (Å²) in [5.74, 6) is -1.11. The SMILES string of the molecule is CC1CCCN(C(=O)C2CNCCO2)C1C(=O)O. The van der Waals surface area contributed by atoms with E-state index in [1.165, 1.54) is 4.90 Å². The van der Waals surface area contributed by atoms with Gasteiger partial charge < -0.3 is 20.1 Å². The number of carboxylic acid groups (broad SMARTS) is 1. The van der Waals surface area contributed by atoms with Gasteiger partial charge in [-0.2, -0.15) is 0 Å². The Morgan fingerprint density at radius 3 is 2.83 bits per heavy atom. The van der Waals surface area contributed by atoms with Crippen molar-refractivity contribution in [3.8, 4) is 0 Å². The summed E-state index contributed by atoms with van der Waals surface area (Å²) in [4.78, 5) is 25.1. The number of amides is 1. The van der Waals surface area contributed by atoms with Crippen LogP contribution in [0.3, 0.4) is 0 Å². The van der Waals surface area contributed by atoms with Crippen LogP contribution in [-0.4, -0.2) is 60.3 Å². The van der Waals surface area contributed by atoms with Crippen molar-refractivity contribution in [2.75, 3.05) is 26.2 Å². The maximum Gasteiger partial charge on any atom is 0.326 e. The number of nitrogens with zero attached hydrogens (tertiary/aromatic N) is 1. The monoisotopic (exact) mass is 256 g/mol. The van der Waals surface area contributed by atoms with E-state index in [4.69, 9.17) is 4.74 Å². The predicted octanol–water partition coefficient (Wildman–Crippen LogP) is -0.313. The minimum absolute atomic E-state index is 0.00301. The maximum atomic E-state index is 12.3. The third-order valence-corrected chi connectivity index (χ3v) is 3.67. The lowest BCUT2D eigenvalue weighted by molar-refractivity contribution is -0.161. The fourth-order valence-corrected chi connectivity index (χ4v) is 2.72. The summed E-state index contributed by atoms with van der Waals surface area (Å²) in [6, 6.07) is -0.711. The van der Waals surface area contributed by atoms with Gasteiger partial charge >= 0.3 is 5.97 Å². The Balaban J connectivity index is 2.08. The average molecular weight is 256 g/mol. The van der Waals surface area contributed by atoms with Gasteiger partial charge in [-0.25, -0.2) is 4.79 Å². The van der Waals surface area contributed by atoms with E-state index in [9.17, 15) is 14.7 Å². The fraction of sp³-hybridized carbons (Fsp3) is 0.833. The van der Waals surface area contributed by atoms with E-state index in [1.54, 1.807) is 0 Å². The van der Waals surface area contributed by atoms with Gasteiger partial charge in [-0.3, -0.25) is 4.79 Å². The molecule has 0 aliphatic carbocycles. The van der Waals surface area contributed by atoms with Crippen molar-refractivity contribution in [3.05, 3.63) is 0 Å². The molecule has 3 unspecified atom stereocenters. The van der Waals surface area contributed by atoms with E-state index in [0.29, 0.717) is 19.7 Å². The Kier molecular flexibility index (Phi) is 4.19. The zero-order valence-electron chi connectivity index (χ0n) is 10.6. The van der Waals surface area contributed by atoms with Crippen LogP contribution in [0.15, 0.2) is 0 Å². The molecular weight excluding hydrogens is 236 g/mol. The average Bonchev–Trinajstić information content (AvgIpc) is 2.38. The Hall–Kier alpha value is -1.14. The summed E-state index contributed by atoms with van der Waals surface area (Å²) in [6.45, 7) is 4.11. The molecule has 6 heteroatoms. The van der Waals surface area contributed by atoms with Gasteiger partial charge in [0.1, 0.15) is 12.1 Å². The Morgan fingerprint density at radius 2 is 2.22 bits per heavy atom. The van der Waals surface area contributed by atoms with Crippen molar-refractivity contribution in [2.45, 2.75) is 31.9 Å². The lowest BCUT2D eigenvalue weighted by Gasteiger charge is -2.39. The number of hydrogen-bond acceptors (Lipinski definition) is 4. The molecule has 2 aliphatic heterocycles. The van der Waals surface area contributed by atoms with Crippen LogP contribution in [-0.2, 0) is 14.3 Å². The molecule has 2 saturated heterocycles. The number of aliphatic carboxylic acids is 1. The quantitative estimate of drug-likeness (QED) is 0.708. The smallest absolute Gasteiger partial charge is 0.326 e. The molecule has 1 amide bonds. The summed E-state index contributed by atoms with van der Waals surface area (Å²) < 4.78 is 5.41. The fourth-order valence-electron chi connectivity index (χ4n) is 2.72. The second-order valence-electron chi connectivity index (χ2n) is 5.00. The van der Waals surface area contributed by atoms with Crippen LogP contribution in [0.25, 0.3) is 0 Å². The molecule has 18 heavy (non-hydrogen) atoms. The van der Waals surface area contributed by atoms with Crippen LogP contribution in [0.4, 0.5) is 0 Å². The highest BCUT2D eigenvalue weighted by molar-refractivity contribution is 5.87. The van der Waals surface area contributed by atoms with Crippen molar-refractivity contribution in [1.29, 1.82) is 0 Å². The molecule has 6 nitrogen and oxygen atoms in total. The second kappa shape index (κ2) is 5.67. The molecule has 2 fully saturated rings. The van der Waals surface area contributed by atoms with Crippen LogP contribution in [0.2, 0.25) is 0 Å². The zero-order chi connectivity index (χ0) is 13.1. The predicted molar refractivity (Wildman–Crippen MR) is 64.1 cm³/mol. The lowest BCUT2D eigenvalue weighted by Crippen LogP contribution is -2.57. The highest BCUT2D eigenvalue weighted by Gasteiger charge is 2.39. The third-order valence-electron chi connectivity index (χ3n) is 3.67. The number of likely N-dealkylation sites (tertiary alicyclic amines) is 1. The lowest BCUT2D eigenvalue weighted by atomic mass is 9.90. The number of carboxylic acids is 1. The summed E-state index contributed by atoms with van der Waals surface area (Å²) in [7, 11) is 0. The molecule has 0 spiro atoms. The van der Waals surface area contributed by atoms with Crippen molar-refractivity contribution < 1.29 is 19.4 Å². The molecule has 0 bridgehead atoms. The van der Waals surface area contributed by atoms with Crippen molar-refractivity contribution in [3.63, 3.8) is 0 Å². The van der Waals surface area contributed by atoms with Crippen LogP contribution in [0.1, 0.15) is 19.8 Å². The molecule has 2 heterocycles. The Morgan fingerprint density at radius 1 is 1.44 bits per heavy atom. The topological polar surface area (TPSA) is 78.9 Å². The van der Waals surface area contributed by atoms with Crippen molar-refractivity contribution in [2.24, 2.45) is 5.92 Å². The number of carbonyl (C=O) groups is 2. The van der Waals surface area contributed by atoms with E-state index in [-0.39, 0.29) is 11.8 Å². The first-order valence-electron chi connectivity index (χ1n) is 6.47. The number of piperidine rings is 1. The normalized spacial score (nSPS) is 33.2. The maximum absolute atomic E-state index is 12.3. The van der Waals surface area contributed by atoms with Gasteiger partial charge in [-0.15, -0.1) is 0 Å². The van der Waals surface area contributed by atoms with Crippen LogP contribution >= 0.6 is 0 Å². The number of morpholine rings is 1. The van der Waals surface area contributed by atoms with Crippen LogP contribution < -0.4 is 5.32 Å². The molecule has 0 aromatic rings. The number of hydrogen-bond donors (Lipinski definition) is 2. The van der Waals surface area contributed by atoms with E-state index in [2.05, 4.69) is 5.32 Å². The van der Waals surface area contributed by atoms with Crippen LogP contribution in [0.5, 0.6) is 0 Å². The van der Waals surface area contributed by atoms with E-state index < -0.39 is 18.1 Å². The largest absolute Gasteiger partial charge is 0.480 e. The number of rotatable bonds is 2. The summed E-state index contributed by atoms with van der Waals surface area (Å²) in [5.41, 5.74) is 0. The number of nitrogens with one attached hydrogen (secondary N) is 1. The van der Waals surface area contributed by atoms with Gasteiger partial charge in [0.15, 0.2) is 0 Å². The highest BCUT2D eigenvalue weighted by Crippen LogP contribution is 2.24. The number of carbonyl (C=O) groups excluding carboxylic acids is 1. The molecule has 2 rings (SSSR count). The van der Waals surface area contributed by atoms with Gasteiger partial charge in [-0.1, -0.05) is 6.92 Å². The molecule has 102 valence electrons. The molecule has 2 N–H and O–H groups in total. The van der Waals surface area contributed by atoms with Crippen LogP contribution in [0, 0.1) is 5.92 Å². The first-order valence-corrected chi connectivity index (χ1v) is 6.47. The second-order valence-corrected chi connectivity index (χ2v) is 5.00. The van der Waals surface area contributed by atoms with E-state index in [1.807, 2.05) is 6.92 Å². The molecule has 2 aliphatic rings. The van der Waals surface area contributed by atoms with Gasteiger partial charge in [0.25, 0.3) is 5.91 Å². The van der Waals surface area contributed by atoms with Gasteiger partial charge in [0.2, 0.25) is 0 Å². The summed E-state index contributed by atoms with van der Waals surface area (Å²) >= 11 is 0. The molecule has 3 atom stereocenters. The molecular formula is C12H20N2O4. The Labute approximate surface area is 106 Å². The van der Waals surface area contributed by atoms with E-state index >= 15 is 0 Å². The molecule has 0 aromatic carbocycles. The van der Waals surface area contributed by atoms with Crippen molar-refractivity contribution in [1.82, 2.24) is 10.2 Å². The minimum Gasteiger partial charge on any atom is -0.480 e. The molecule has 0 saturated carbocycles.